The molecule has 0 unspecified atom stereocenters. The summed E-state index contributed by atoms with van der Waals surface area (Å²) in [6, 6.07) is 6.06. The molecule has 3 rings (SSSR count). The Balaban J connectivity index is 1.66. The predicted molar refractivity (Wildman–Crippen MR) is 85.7 cm³/mol. The molecule has 1 spiro atoms. The minimum absolute atomic E-state index is 0.105. The third kappa shape index (κ3) is 3.20. The topological polar surface area (TPSA) is 85.2 Å². The quantitative estimate of drug-likeness (QED) is 0.608. The Kier molecular flexibility index (Phi) is 4.68. The van der Waals surface area contributed by atoms with Crippen molar-refractivity contribution in [3.8, 4) is 5.75 Å². The number of hydrogen-bond donors (Lipinski definition) is 0. The van der Waals surface area contributed by atoms with Crippen molar-refractivity contribution in [1.82, 2.24) is 9.80 Å². The second-order valence-corrected chi connectivity index (χ2v) is 6.16. The molecule has 0 aromatic heterocycles. The first-order chi connectivity index (χ1) is 11.5. The second kappa shape index (κ2) is 6.74. The van der Waals surface area contributed by atoms with Gasteiger partial charge in [-0.2, -0.15) is 0 Å². The molecule has 2 fully saturated rings. The van der Waals surface area contributed by atoms with Crippen LogP contribution in [-0.2, 0) is 9.53 Å². The maximum Gasteiger partial charge on any atom is 0.310 e. The summed E-state index contributed by atoms with van der Waals surface area (Å²) in [6.45, 7) is 2.55. The number of hydrogen-bond acceptors (Lipinski definition) is 6. The van der Waals surface area contributed by atoms with Crippen LogP contribution in [0.2, 0.25) is 0 Å². The summed E-state index contributed by atoms with van der Waals surface area (Å²) in [5.41, 5.74) is -0.688. The highest BCUT2D eigenvalue weighted by Gasteiger charge is 2.46. The first kappa shape index (κ1) is 16.7. The lowest BCUT2D eigenvalue weighted by molar-refractivity contribution is -0.385. The van der Waals surface area contributed by atoms with E-state index < -0.39 is 10.6 Å². The summed E-state index contributed by atoms with van der Waals surface area (Å²) in [6.07, 6.45) is 1.53. The summed E-state index contributed by atoms with van der Waals surface area (Å²) >= 11 is 0. The molecule has 0 bridgehead atoms. The van der Waals surface area contributed by atoms with Crippen LogP contribution in [0, 0.1) is 10.1 Å². The first-order valence-corrected chi connectivity index (χ1v) is 8.01. The fourth-order valence-corrected chi connectivity index (χ4v) is 3.29. The molecule has 0 N–H and O–H groups in total. The van der Waals surface area contributed by atoms with E-state index in [0.717, 1.165) is 25.9 Å². The molecular formula is C16H21N3O5. The van der Waals surface area contributed by atoms with Gasteiger partial charge in [0.15, 0.2) is 12.4 Å². The van der Waals surface area contributed by atoms with Crippen molar-refractivity contribution in [1.29, 1.82) is 0 Å². The van der Waals surface area contributed by atoms with Crippen LogP contribution in [0.3, 0.4) is 0 Å². The van der Waals surface area contributed by atoms with Crippen LogP contribution >= 0.6 is 0 Å². The van der Waals surface area contributed by atoms with Crippen molar-refractivity contribution in [3.63, 3.8) is 0 Å². The van der Waals surface area contributed by atoms with Gasteiger partial charge in [-0.1, -0.05) is 12.1 Å². The predicted octanol–water partition coefficient (Wildman–Crippen LogP) is 1.25. The van der Waals surface area contributed by atoms with Crippen LogP contribution in [0.15, 0.2) is 24.3 Å². The minimum Gasteiger partial charge on any atom is -0.477 e. The summed E-state index contributed by atoms with van der Waals surface area (Å²) in [4.78, 5) is 27.0. The lowest BCUT2D eigenvalue weighted by Crippen LogP contribution is -2.55. The van der Waals surface area contributed by atoms with Gasteiger partial charge in [0.25, 0.3) is 5.91 Å². The maximum atomic E-state index is 12.6. The number of piperidine rings is 1. The molecule has 2 heterocycles. The van der Waals surface area contributed by atoms with Gasteiger partial charge in [-0.05, 0) is 13.1 Å². The average Bonchev–Trinajstić information content (AvgIpc) is 2.99. The Morgan fingerprint density at radius 2 is 2.04 bits per heavy atom. The van der Waals surface area contributed by atoms with Gasteiger partial charge in [0.2, 0.25) is 0 Å². The molecule has 130 valence electrons. The third-order valence-electron chi connectivity index (χ3n) is 4.66. The van der Waals surface area contributed by atoms with Crippen molar-refractivity contribution in [2.45, 2.75) is 18.6 Å². The van der Waals surface area contributed by atoms with Crippen molar-refractivity contribution >= 4 is 11.6 Å². The van der Waals surface area contributed by atoms with E-state index in [1.165, 1.54) is 12.1 Å². The van der Waals surface area contributed by atoms with Crippen LogP contribution < -0.4 is 4.74 Å². The van der Waals surface area contributed by atoms with E-state index in [1.807, 2.05) is 7.05 Å². The Morgan fingerprint density at radius 1 is 1.33 bits per heavy atom. The standard InChI is InChI=1S/C16H21N3O5/c1-17-8-6-16(7-9-17)18(10-11-24-16)15(20)12-23-14-5-3-2-4-13(14)19(21)22/h2-5H,6-12H2,1H3. The number of carbonyl (C=O) groups excluding carboxylic acids is 1. The normalized spacial score (nSPS) is 20.3. The number of carbonyl (C=O) groups is 1. The third-order valence-corrected chi connectivity index (χ3v) is 4.66. The summed E-state index contributed by atoms with van der Waals surface area (Å²) in [7, 11) is 2.05. The van der Waals surface area contributed by atoms with Crippen molar-refractivity contribution in [3.05, 3.63) is 34.4 Å². The number of nitrogens with zero attached hydrogens (tertiary/aromatic N) is 3. The largest absolute Gasteiger partial charge is 0.477 e. The van der Waals surface area contributed by atoms with Crippen LogP contribution in [-0.4, -0.2) is 66.3 Å². The molecule has 0 radical (unpaired) electrons. The van der Waals surface area contributed by atoms with E-state index in [-0.39, 0.29) is 24.0 Å². The molecule has 24 heavy (non-hydrogen) atoms. The SMILES string of the molecule is CN1CCC2(CC1)OCCN2C(=O)COc1ccccc1[N+](=O)[O-]. The lowest BCUT2D eigenvalue weighted by Gasteiger charge is -2.42. The number of para-hydroxylation sites is 2. The van der Waals surface area contributed by atoms with Crippen LogP contribution in [0.4, 0.5) is 5.69 Å². The minimum atomic E-state index is -0.546. The molecule has 8 heteroatoms. The van der Waals surface area contributed by atoms with E-state index in [0.29, 0.717) is 13.2 Å². The Hall–Kier alpha value is -2.19. The molecule has 2 saturated heterocycles. The number of nitro groups is 1. The van der Waals surface area contributed by atoms with Crippen LogP contribution in [0.1, 0.15) is 12.8 Å². The molecule has 0 atom stereocenters. The lowest BCUT2D eigenvalue weighted by atomic mass is 9.99. The molecule has 1 amide bonds. The van der Waals surface area contributed by atoms with Gasteiger partial charge in [-0.15, -0.1) is 0 Å². The summed E-state index contributed by atoms with van der Waals surface area (Å²) in [5, 5.41) is 11.0. The van der Waals surface area contributed by atoms with E-state index in [9.17, 15) is 14.9 Å². The molecule has 1 aromatic carbocycles. The maximum absolute atomic E-state index is 12.6. The van der Waals surface area contributed by atoms with Gasteiger partial charge in [-0.3, -0.25) is 14.9 Å². The van der Waals surface area contributed by atoms with E-state index >= 15 is 0 Å². The van der Waals surface area contributed by atoms with Gasteiger partial charge in [-0.25, -0.2) is 0 Å². The van der Waals surface area contributed by atoms with E-state index in [2.05, 4.69) is 4.90 Å². The number of rotatable bonds is 4. The van der Waals surface area contributed by atoms with Crippen molar-refractivity contribution < 1.29 is 19.2 Å². The average molecular weight is 335 g/mol. The molecule has 2 aliphatic heterocycles. The first-order valence-electron chi connectivity index (χ1n) is 8.01. The zero-order chi connectivity index (χ0) is 17.2. The Bertz CT molecular complexity index is 628. The van der Waals surface area contributed by atoms with Gasteiger partial charge in [0.1, 0.15) is 5.72 Å². The molecule has 2 aliphatic rings. The fraction of sp³-hybridized carbons (Fsp3) is 0.562. The van der Waals surface area contributed by atoms with Crippen molar-refractivity contribution in [2.75, 3.05) is 39.9 Å². The number of benzene rings is 1. The van der Waals surface area contributed by atoms with Gasteiger partial charge in [0, 0.05) is 38.5 Å². The molecule has 0 saturated carbocycles. The molecule has 8 nitrogen and oxygen atoms in total. The highest BCUT2D eigenvalue weighted by molar-refractivity contribution is 5.79. The van der Waals surface area contributed by atoms with Gasteiger partial charge >= 0.3 is 5.69 Å². The fourth-order valence-electron chi connectivity index (χ4n) is 3.29. The molecule has 1 aromatic rings. The number of ether oxygens (including phenoxy) is 2. The van der Waals surface area contributed by atoms with Crippen LogP contribution in [0.25, 0.3) is 0 Å². The smallest absolute Gasteiger partial charge is 0.310 e. The molecular weight excluding hydrogens is 314 g/mol. The van der Waals surface area contributed by atoms with Crippen LogP contribution in [0.5, 0.6) is 5.75 Å². The van der Waals surface area contributed by atoms with Crippen molar-refractivity contribution in [2.24, 2.45) is 0 Å². The Morgan fingerprint density at radius 3 is 2.75 bits per heavy atom. The Labute approximate surface area is 140 Å². The van der Waals surface area contributed by atoms with E-state index in [4.69, 9.17) is 9.47 Å². The zero-order valence-electron chi connectivity index (χ0n) is 13.6. The second-order valence-electron chi connectivity index (χ2n) is 6.16. The highest BCUT2D eigenvalue weighted by atomic mass is 16.6. The number of amides is 1. The highest BCUT2D eigenvalue weighted by Crippen LogP contribution is 2.34. The summed E-state index contributed by atoms with van der Waals surface area (Å²) in [5.74, 6) is -0.0939. The van der Waals surface area contributed by atoms with Gasteiger partial charge in [0.05, 0.1) is 11.5 Å². The monoisotopic (exact) mass is 335 g/mol. The molecule has 0 aliphatic carbocycles. The number of likely N-dealkylation sites (tertiary alicyclic amines) is 1. The number of nitro benzene ring substituents is 1. The van der Waals surface area contributed by atoms with E-state index in [1.54, 1.807) is 17.0 Å². The van der Waals surface area contributed by atoms with Gasteiger partial charge < -0.3 is 19.3 Å². The summed E-state index contributed by atoms with van der Waals surface area (Å²) < 4.78 is 11.3. The zero-order valence-corrected chi connectivity index (χ0v) is 13.6.